The van der Waals surface area contributed by atoms with Gasteiger partial charge in [-0.15, -0.1) is 0 Å². The zero-order valence-electron chi connectivity index (χ0n) is 11.9. The third-order valence-electron chi connectivity index (χ3n) is 2.63. The summed E-state index contributed by atoms with van der Waals surface area (Å²) in [4.78, 5) is 12.7. The van der Waals surface area contributed by atoms with Crippen LogP contribution in [0, 0.1) is 0 Å². The molecular weight excluding hydrogens is 274 g/mol. The van der Waals surface area contributed by atoms with Gasteiger partial charge in [0.15, 0.2) is 0 Å². The first-order valence-electron chi connectivity index (χ1n) is 6.52. The lowest BCUT2D eigenvalue weighted by molar-refractivity contribution is 0.379. The summed E-state index contributed by atoms with van der Waals surface area (Å²) in [5, 5.41) is 10.6. The van der Waals surface area contributed by atoms with Crippen molar-refractivity contribution in [2.75, 3.05) is 24.3 Å². The predicted octanol–water partition coefficient (Wildman–Crippen LogP) is 2.42. The summed E-state index contributed by atoms with van der Waals surface area (Å²) < 4.78 is 5.09. The molecule has 2 aromatic heterocycles. The van der Waals surface area contributed by atoms with Gasteiger partial charge in [0.1, 0.15) is 0 Å². The number of hydrogen-bond donors (Lipinski definition) is 2. The highest BCUT2D eigenvalue weighted by Gasteiger charge is 2.10. The van der Waals surface area contributed by atoms with Crippen molar-refractivity contribution in [3.63, 3.8) is 0 Å². The molecule has 0 spiro atoms. The number of ether oxygens (including phenoxy) is 1. The van der Waals surface area contributed by atoms with Crippen LogP contribution in [-0.4, -0.2) is 34.6 Å². The molecule has 0 aliphatic carbocycles. The number of nitrogens with zero attached hydrogens (tertiary/aromatic N) is 3. The molecule has 1 unspecified atom stereocenters. The van der Waals surface area contributed by atoms with E-state index < -0.39 is 0 Å². The van der Waals surface area contributed by atoms with Crippen LogP contribution in [0.2, 0.25) is 0 Å². The Hall–Kier alpha value is -1.89. The van der Waals surface area contributed by atoms with Gasteiger partial charge in [-0.05, 0) is 42.7 Å². The zero-order chi connectivity index (χ0) is 14.4. The topological polar surface area (TPSA) is 72.0 Å². The number of nitrogens with one attached hydrogen (secondary N) is 2. The van der Waals surface area contributed by atoms with Gasteiger partial charge in [0.2, 0.25) is 11.9 Å². The van der Waals surface area contributed by atoms with E-state index >= 15 is 0 Å². The summed E-state index contributed by atoms with van der Waals surface area (Å²) in [5.74, 6) is 1.04. The van der Waals surface area contributed by atoms with Gasteiger partial charge < -0.3 is 15.4 Å². The third kappa shape index (κ3) is 4.06. The Balaban J connectivity index is 2.05. The van der Waals surface area contributed by atoms with Crippen molar-refractivity contribution in [2.45, 2.75) is 26.3 Å². The molecule has 0 aliphatic rings. The molecular formula is C13H19N5OS. The van der Waals surface area contributed by atoms with E-state index in [0.717, 1.165) is 13.0 Å². The maximum absolute atomic E-state index is 5.09. The molecule has 20 heavy (non-hydrogen) atoms. The molecule has 2 N–H and O–H groups in total. The van der Waals surface area contributed by atoms with Gasteiger partial charge in [0, 0.05) is 12.6 Å². The minimum atomic E-state index is 0.228. The first kappa shape index (κ1) is 14.5. The highest BCUT2D eigenvalue weighted by Crippen LogP contribution is 2.14. The zero-order valence-corrected chi connectivity index (χ0v) is 12.7. The van der Waals surface area contributed by atoms with Crippen LogP contribution < -0.4 is 15.4 Å². The fourth-order valence-electron chi connectivity index (χ4n) is 1.78. The third-order valence-corrected chi connectivity index (χ3v) is 3.36. The summed E-state index contributed by atoms with van der Waals surface area (Å²) in [6.07, 6.45) is 0.925. The van der Waals surface area contributed by atoms with Crippen molar-refractivity contribution in [3.05, 3.63) is 22.4 Å². The lowest BCUT2D eigenvalue weighted by Gasteiger charge is -2.14. The van der Waals surface area contributed by atoms with Crippen LogP contribution in [0.1, 0.15) is 19.4 Å². The molecule has 0 amide bonds. The monoisotopic (exact) mass is 293 g/mol. The Labute approximate surface area is 122 Å². The molecule has 7 heteroatoms. The molecule has 0 radical (unpaired) electrons. The van der Waals surface area contributed by atoms with E-state index in [0.29, 0.717) is 17.9 Å². The van der Waals surface area contributed by atoms with E-state index in [1.165, 1.54) is 5.56 Å². The van der Waals surface area contributed by atoms with Gasteiger partial charge in [0.05, 0.1) is 7.11 Å². The molecule has 0 aromatic carbocycles. The molecule has 2 rings (SSSR count). The summed E-state index contributed by atoms with van der Waals surface area (Å²) in [6, 6.07) is 2.66. The summed E-state index contributed by atoms with van der Waals surface area (Å²) >= 11 is 1.70. The SMILES string of the molecule is CCNc1nc(NC(C)Cc2ccsc2)nc(OC)n1. The van der Waals surface area contributed by atoms with Crippen LogP contribution in [0.25, 0.3) is 0 Å². The van der Waals surface area contributed by atoms with Crippen molar-refractivity contribution >= 4 is 23.2 Å². The molecule has 2 aromatic rings. The second kappa shape index (κ2) is 7.04. The Morgan fingerprint density at radius 2 is 2.10 bits per heavy atom. The van der Waals surface area contributed by atoms with Crippen LogP contribution >= 0.6 is 11.3 Å². The number of rotatable bonds is 7. The molecule has 0 saturated heterocycles. The number of thiophene rings is 1. The van der Waals surface area contributed by atoms with E-state index in [-0.39, 0.29) is 6.04 Å². The number of anilines is 2. The average molecular weight is 293 g/mol. The van der Waals surface area contributed by atoms with Gasteiger partial charge >= 0.3 is 6.01 Å². The first-order valence-corrected chi connectivity index (χ1v) is 7.47. The van der Waals surface area contributed by atoms with Crippen LogP contribution in [-0.2, 0) is 6.42 Å². The standard InChI is InChI=1S/C13H19N5OS/c1-4-14-11-16-12(18-13(17-11)19-3)15-9(2)7-10-5-6-20-8-10/h5-6,8-9H,4,7H2,1-3H3,(H2,14,15,16,17,18). The minimum Gasteiger partial charge on any atom is -0.467 e. The van der Waals surface area contributed by atoms with Gasteiger partial charge in [0.25, 0.3) is 0 Å². The second-order valence-electron chi connectivity index (χ2n) is 4.38. The number of aromatic nitrogens is 3. The van der Waals surface area contributed by atoms with Crippen molar-refractivity contribution < 1.29 is 4.74 Å². The number of methoxy groups -OCH3 is 1. The maximum Gasteiger partial charge on any atom is 0.322 e. The van der Waals surface area contributed by atoms with E-state index in [4.69, 9.17) is 4.74 Å². The van der Waals surface area contributed by atoms with Gasteiger partial charge in [-0.25, -0.2) is 0 Å². The van der Waals surface area contributed by atoms with Crippen LogP contribution in [0.5, 0.6) is 6.01 Å². The smallest absolute Gasteiger partial charge is 0.322 e. The second-order valence-corrected chi connectivity index (χ2v) is 5.16. The lowest BCUT2D eigenvalue weighted by atomic mass is 10.1. The highest BCUT2D eigenvalue weighted by molar-refractivity contribution is 7.07. The predicted molar refractivity (Wildman–Crippen MR) is 81.7 cm³/mol. The van der Waals surface area contributed by atoms with Crippen LogP contribution in [0.4, 0.5) is 11.9 Å². The molecule has 1 atom stereocenters. The lowest BCUT2D eigenvalue weighted by Crippen LogP contribution is -2.20. The molecule has 0 bridgehead atoms. The summed E-state index contributed by atoms with van der Waals surface area (Å²) in [7, 11) is 1.55. The quantitative estimate of drug-likeness (QED) is 0.817. The molecule has 6 nitrogen and oxygen atoms in total. The van der Waals surface area contributed by atoms with Crippen molar-refractivity contribution in [1.82, 2.24) is 15.0 Å². The molecule has 0 saturated carbocycles. The fourth-order valence-corrected chi connectivity index (χ4v) is 2.46. The van der Waals surface area contributed by atoms with Gasteiger partial charge in [-0.3, -0.25) is 0 Å². The molecule has 0 fully saturated rings. The van der Waals surface area contributed by atoms with Gasteiger partial charge in [-0.1, -0.05) is 0 Å². The Bertz CT molecular complexity index is 532. The van der Waals surface area contributed by atoms with Crippen molar-refractivity contribution in [2.24, 2.45) is 0 Å². The fraction of sp³-hybridized carbons (Fsp3) is 0.462. The van der Waals surface area contributed by atoms with E-state index in [1.54, 1.807) is 18.4 Å². The van der Waals surface area contributed by atoms with Crippen LogP contribution in [0.15, 0.2) is 16.8 Å². The van der Waals surface area contributed by atoms with E-state index in [9.17, 15) is 0 Å². The molecule has 2 heterocycles. The van der Waals surface area contributed by atoms with Crippen molar-refractivity contribution in [3.8, 4) is 6.01 Å². The molecule has 0 aliphatic heterocycles. The van der Waals surface area contributed by atoms with E-state index in [1.807, 2.05) is 6.92 Å². The summed E-state index contributed by atoms with van der Waals surface area (Å²) in [6.45, 7) is 4.83. The first-order chi connectivity index (χ1) is 9.71. The Morgan fingerprint density at radius 1 is 1.30 bits per heavy atom. The largest absolute Gasteiger partial charge is 0.467 e. The number of hydrogen-bond acceptors (Lipinski definition) is 7. The Morgan fingerprint density at radius 3 is 2.75 bits per heavy atom. The highest BCUT2D eigenvalue weighted by atomic mass is 32.1. The van der Waals surface area contributed by atoms with Gasteiger partial charge in [-0.2, -0.15) is 26.3 Å². The summed E-state index contributed by atoms with van der Waals surface area (Å²) in [5.41, 5.74) is 1.31. The minimum absolute atomic E-state index is 0.228. The van der Waals surface area contributed by atoms with Crippen molar-refractivity contribution in [1.29, 1.82) is 0 Å². The maximum atomic E-state index is 5.09. The Kier molecular flexibility index (Phi) is 5.11. The molecule has 108 valence electrons. The van der Waals surface area contributed by atoms with E-state index in [2.05, 4.69) is 49.3 Å². The average Bonchev–Trinajstić information content (AvgIpc) is 2.91. The normalized spacial score (nSPS) is 11.9. The van der Waals surface area contributed by atoms with Crippen LogP contribution in [0.3, 0.4) is 0 Å².